The standard InChI is InChI=1S/C15H15BrClNO/c1-10(18)14-6-5-12(16)8-15(14)19-9-11-3-2-4-13(17)7-11/h2-8,10H,9,18H2,1H3/t10-/m0/s1. The van der Waals surface area contributed by atoms with Crippen molar-refractivity contribution in [1.29, 1.82) is 0 Å². The normalized spacial score (nSPS) is 12.2. The van der Waals surface area contributed by atoms with Crippen molar-refractivity contribution in [1.82, 2.24) is 0 Å². The number of benzene rings is 2. The van der Waals surface area contributed by atoms with Crippen molar-refractivity contribution in [3.63, 3.8) is 0 Å². The molecule has 0 spiro atoms. The third kappa shape index (κ3) is 3.96. The van der Waals surface area contributed by atoms with E-state index in [2.05, 4.69) is 15.9 Å². The van der Waals surface area contributed by atoms with Crippen LogP contribution in [-0.4, -0.2) is 0 Å². The van der Waals surface area contributed by atoms with Gasteiger partial charge in [-0.05, 0) is 36.8 Å². The molecule has 0 aromatic heterocycles. The first-order chi connectivity index (χ1) is 9.06. The van der Waals surface area contributed by atoms with Crippen LogP contribution in [0.5, 0.6) is 5.75 Å². The van der Waals surface area contributed by atoms with Gasteiger partial charge in [0.05, 0.1) is 0 Å². The molecule has 4 heteroatoms. The summed E-state index contributed by atoms with van der Waals surface area (Å²) in [5.41, 5.74) is 7.96. The molecule has 0 aliphatic heterocycles. The lowest BCUT2D eigenvalue weighted by atomic mass is 10.1. The van der Waals surface area contributed by atoms with Crippen LogP contribution in [0.3, 0.4) is 0 Å². The zero-order chi connectivity index (χ0) is 13.8. The largest absolute Gasteiger partial charge is 0.489 e. The molecule has 19 heavy (non-hydrogen) atoms. The van der Waals surface area contributed by atoms with E-state index >= 15 is 0 Å². The molecule has 0 aliphatic rings. The molecule has 100 valence electrons. The Morgan fingerprint density at radius 2 is 2.05 bits per heavy atom. The molecule has 2 aromatic carbocycles. The van der Waals surface area contributed by atoms with Gasteiger partial charge in [0.1, 0.15) is 12.4 Å². The van der Waals surface area contributed by atoms with E-state index < -0.39 is 0 Å². The van der Waals surface area contributed by atoms with Crippen LogP contribution < -0.4 is 10.5 Å². The van der Waals surface area contributed by atoms with Crippen molar-refractivity contribution >= 4 is 27.5 Å². The van der Waals surface area contributed by atoms with E-state index in [0.717, 1.165) is 21.3 Å². The molecule has 2 nitrogen and oxygen atoms in total. The molecule has 2 N–H and O–H groups in total. The predicted molar refractivity (Wildman–Crippen MR) is 82.5 cm³/mol. The van der Waals surface area contributed by atoms with Crippen LogP contribution in [0.4, 0.5) is 0 Å². The van der Waals surface area contributed by atoms with E-state index in [1.807, 2.05) is 49.4 Å². The number of ether oxygens (including phenoxy) is 1. The van der Waals surface area contributed by atoms with Crippen molar-refractivity contribution < 1.29 is 4.74 Å². The lowest BCUT2D eigenvalue weighted by Gasteiger charge is -2.14. The monoisotopic (exact) mass is 339 g/mol. The van der Waals surface area contributed by atoms with E-state index in [-0.39, 0.29) is 6.04 Å². The Balaban J connectivity index is 2.17. The third-order valence-corrected chi connectivity index (χ3v) is 3.48. The topological polar surface area (TPSA) is 35.2 Å². The van der Waals surface area contributed by atoms with Crippen molar-refractivity contribution in [2.24, 2.45) is 5.73 Å². The van der Waals surface area contributed by atoms with Gasteiger partial charge in [0, 0.05) is 21.1 Å². The number of hydrogen-bond donors (Lipinski definition) is 1. The Morgan fingerprint density at radius 3 is 2.74 bits per heavy atom. The van der Waals surface area contributed by atoms with Gasteiger partial charge in [0.2, 0.25) is 0 Å². The summed E-state index contributed by atoms with van der Waals surface area (Å²) in [6.07, 6.45) is 0. The van der Waals surface area contributed by atoms with Gasteiger partial charge in [-0.15, -0.1) is 0 Å². The first-order valence-corrected chi connectivity index (χ1v) is 7.15. The van der Waals surface area contributed by atoms with Gasteiger partial charge in [-0.3, -0.25) is 0 Å². The molecule has 0 saturated heterocycles. The fourth-order valence-corrected chi connectivity index (χ4v) is 2.35. The van der Waals surface area contributed by atoms with Crippen molar-refractivity contribution in [2.75, 3.05) is 0 Å². The molecule has 0 amide bonds. The van der Waals surface area contributed by atoms with E-state index in [1.54, 1.807) is 0 Å². The van der Waals surface area contributed by atoms with Crippen molar-refractivity contribution in [2.45, 2.75) is 19.6 Å². The summed E-state index contributed by atoms with van der Waals surface area (Å²) in [5, 5.41) is 0.711. The Kier molecular flexibility index (Phi) is 4.86. The van der Waals surface area contributed by atoms with Crippen molar-refractivity contribution in [3.05, 3.63) is 63.1 Å². The average Bonchev–Trinajstić information content (AvgIpc) is 2.36. The summed E-state index contributed by atoms with van der Waals surface area (Å²) in [6.45, 7) is 2.41. The molecular weight excluding hydrogens is 326 g/mol. The minimum atomic E-state index is -0.0672. The molecule has 0 heterocycles. The second kappa shape index (κ2) is 6.42. The number of halogens is 2. The average molecular weight is 341 g/mol. The molecule has 1 atom stereocenters. The summed E-state index contributed by atoms with van der Waals surface area (Å²) >= 11 is 9.39. The van der Waals surface area contributed by atoms with E-state index in [0.29, 0.717) is 11.6 Å². The lowest BCUT2D eigenvalue weighted by Crippen LogP contribution is -2.08. The van der Waals surface area contributed by atoms with Gasteiger partial charge in [0.25, 0.3) is 0 Å². The molecular formula is C15H15BrClNO. The maximum absolute atomic E-state index is 5.95. The van der Waals surface area contributed by atoms with Crippen LogP contribution in [0, 0.1) is 0 Å². The molecule has 2 aromatic rings. The molecule has 0 unspecified atom stereocenters. The van der Waals surface area contributed by atoms with Crippen LogP contribution in [0.15, 0.2) is 46.9 Å². The minimum Gasteiger partial charge on any atom is -0.489 e. The summed E-state index contributed by atoms with van der Waals surface area (Å²) in [5.74, 6) is 0.796. The summed E-state index contributed by atoms with van der Waals surface area (Å²) in [4.78, 5) is 0. The van der Waals surface area contributed by atoms with Gasteiger partial charge in [-0.1, -0.05) is 45.7 Å². The maximum atomic E-state index is 5.95. The summed E-state index contributed by atoms with van der Waals surface area (Å²) in [7, 11) is 0. The zero-order valence-corrected chi connectivity index (χ0v) is 12.9. The predicted octanol–water partition coefficient (Wildman–Crippen LogP) is 4.70. The van der Waals surface area contributed by atoms with Crippen molar-refractivity contribution in [3.8, 4) is 5.75 Å². The second-order valence-electron chi connectivity index (χ2n) is 4.39. The SMILES string of the molecule is C[C@H](N)c1ccc(Br)cc1OCc1cccc(Cl)c1. The molecule has 0 aliphatic carbocycles. The Morgan fingerprint density at radius 1 is 1.26 bits per heavy atom. The Hall–Kier alpha value is -1.03. The van der Waals surface area contributed by atoms with Gasteiger partial charge in [0.15, 0.2) is 0 Å². The first kappa shape index (κ1) is 14.4. The smallest absolute Gasteiger partial charge is 0.125 e. The molecule has 0 fully saturated rings. The molecule has 0 bridgehead atoms. The quantitative estimate of drug-likeness (QED) is 0.875. The number of rotatable bonds is 4. The van der Waals surface area contributed by atoms with E-state index in [9.17, 15) is 0 Å². The van der Waals surface area contributed by atoms with Crippen LogP contribution in [-0.2, 0) is 6.61 Å². The Bertz CT molecular complexity index is 572. The van der Waals surface area contributed by atoms with Gasteiger partial charge < -0.3 is 10.5 Å². The first-order valence-electron chi connectivity index (χ1n) is 5.98. The summed E-state index contributed by atoms with van der Waals surface area (Å²) in [6, 6.07) is 13.4. The maximum Gasteiger partial charge on any atom is 0.125 e. The molecule has 0 radical (unpaired) electrons. The highest BCUT2D eigenvalue weighted by Crippen LogP contribution is 2.28. The highest BCUT2D eigenvalue weighted by Gasteiger charge is 2.09. The van der Waals surface area contributed by atoms with E-state index in [1.165, 1.54) is 0 Å². The molecule has 0 saturated carbocycles. The number of hydrogen-bond acceptors (Lipinski definition) is 2. The zero-order valence-electron chi connectivity index (χ0n) is 10.6. The minimum absolute atomic E-state index is 0.0672. The fraction of sp³-hybridized carbons (Fsp3) is 0.200. The number of nitrogens with two attached hydrogens (primary N) is 1. The van der Waals surface area contributed by atoms with Crippen LogP contribution in [0.2, 0.25) is 5.02 Å². The van der Waals surface area contributed by atoms with Crippen LogP contribution >= 0.6 is 27.5 Å². The van der Waals surface area contributed by atoms with Gasteiger partial charge in [-0.25, -0.2) is 0 Å². The van der Waals surface area contributed by atoms with Crippen LogP contribution in [0.25, 0.3) is 0 Å². The summed E-state index contributed by atoms with van der Waals surface area (Å²) < 4.78 is 6.82. The van der Waals surface area contributed by atoms with E-state index in [4.69, 9.17) is 22.1 Å². The van der Waals surface area contributed by atoms with Crippen LogP contribution in [0.1, 0.15) is 24.1 Å². The Labute approximate surface area is 126 Å². The van der Waals surface area contributed by atoms with Gasteiger partial charge >= 0.3 is 0 Å². The molecule has 2 rings (SSSR count). The fourth-order valence-electron chi connectivity index (χ4n) is 1.80. The highest BCUT2D eigenvalue weighted by molar-refractivity contribution is 9.10. The third-order valence-electron chi connectivity index (χ3n) is 2.75. The highest BCUT2D eigenvalue weighted by atomic mass is 79.9. The lowest BCUT2D eigenvalue weighted by molar-refractivity contribution is 0.301. The van der Waals surface area contributed by atoms with Gasteiger partial charge in [-0.2, -0.15) is 0 Å². The second-order valence-corrected chi connectivity index (χ2v) is 5.74.